The van der Waals surface area contributed by atoms with Crippen molar-refractivity contribution in [2.24, 2.45) is 11.7 Å². The number of fused-ring (bicyclic) bond motifs is 1. The third-order valence-electron chi connectivity index (χ3n) is 3.65. The van der Waals surface area contributed by atoms with Gasteiger partial charge in [-0.25, -0.2) is 4.98 Å². The molecule has 1 saturated heterocycles. The van der Waals surface area contributed by atoms with Crippen LogP contribution in [0.2, 0.25) is 0 Å². The van der Waals surface area contributed by atoms with E-state index in [1.807, 2.05) is 25.1 Å². The normalized spacial score (nSPS) is 36.6. The van der Waals surface area contributed by atoms with Crippen LogP contribution in [-0.4, -0.2) is 29.8 Å². The summed E-state index contributed by atoms with van der Waals surface area (Å²) in [5, 5.41) is 3.38. The standard InChI is InChI=1S/C12H17N3O/c1-7-3-2-4-9(14-7)15-11-10(13)8-5-6-16-12(8)11/h2-4,8,10-12H,5-6,13H2,1H3,(H,14,15). The number of ether oxygens (including phenoxy) is 1. The van der Waals surface area contributed by atoms with E-state index >= 15 is 0 Å². The van der Waals surface area contributed by atoms with E-state index in [1.165, 1.54) is 0 Å². The second kappa shape index (κ2) is 3.71. The molecule has 86 valence electrons. The maximum atomic E-state index is 6.12. The van der Waals surface area contributed by atoms with Crippen molar-refractivity contribution in [3.05, 3.63) is 23.9 Å². The van der Waals surface area contributed by atoms with Crippen LogP contribution in [0.3, 0.4) is 0 Å². The highest BCUT2D eigenvalue weighted by Crippen LogP contribution is 2.39. The Labute approximate surface area is 95.2 Å². The first kappa shape index (κ1) is 10.1. The lowest BCUT2D eigenvalue weighted by Crippen LogP contribution is -2.65. The van der Waals surface area contributed by atoms with Gasteiger partial charge in [0.05, 0.1) is 12.1 Å². The van der Waals surface area contributed by atoms with Crippen LogP contribution in [0.15, 0.2) is 18.2 Å². The molecule has 2 fully saturated rings. The molecule has 16 heavy (non-hydrogen) atoms. The second-order valence-electron chi connectivity index (χ2n) is 4.70. The van der Waals surface area contributed by atoms with Crippen molar-refractivity contribution in [3.8, 4) is 0 Å². The van der Waals surface area contributed by atoms with Crippen molar-refractivity contribution < 1.29 is 4.74 Å². The molecular weight excluding hydrogens is 202 g/mol. The zero-order chi connectivity index (χ0) is 11.1. The number of pyridine rings is 1. The molecule has 0 amide bonds. The number of nitrogens with two attached hydrogens (primary N) is 1. The largest absolute Gasteiger partial charge is 0.376 e. The summed E-state index contributed by atoms with van der Waals surface area (Å²) in [6.45, 7) is 2.84. The van der Waals surface area contributed by atoms with Gasteiger partial charge in [-0.1, -0.05) is 6.07 Å². The molecule has 4 unspecified atom stereocenters. The second-order valence-corrected chi connectivity index (χ2v) is 4.70. The number of hydrogen-bond donors (Lipinski definition) is 2. The topological polar surface area (TPSA) is 60.2 Å². The van der Waals surface area contributed by atoms with Crippen LogP contribution in [0.1, 0.15) is 12.1 Å². The molecule has 2 aliphatic rings. The highest BCUT2D eigenvalue weighted by atomic mass is 16.5. The minimum atomic E-state index is 0.204. The molecule has 3 rings (SSSR count). The Morgan fingerprint density at radius 3 is 3.19 bits per heavy atom. The van der Waals surface area contributed by atoms with Gasteiger partial charge >= 0.3 is 0 Å². The van der Waals surface area contributed by atoms with Gasteiger partial charge in [-0.15, -0.1) is 0 Å². The van der Waals surface area contributed by atoms with Crippen LogP contribution in [0.25, 0.3) is 0 Å². The fourth-order valence-electron chi connectivity index (χ4n) is 2.72. The monoisotopic (exact) mass is 219 g/mol. The lowest BCUT2D eigenvalue weighted by atomic mass is 9.72. The first-order valence-electron chi connectivity index (χ1n) is 5.83. The van der Waals surface area contributed by atoms with Crippen molar-refractivity contribution in [2.45, 2.75) is 31.5 Å². The zero-order valence-electron chi connectivity index (χ0n) is 9.39. The summed E-state index contributed by atoms with van der Waals surface area (Å²) in [4.78, 5) is 4.42. The van der Waals surface area contributed by atoms with E-state index in [4.69, 9.17) is 10.5 Å². The lowest BCUT2D eigenvalue weighted by Gasteiger charge is -2.45. The number of aryl methyl sites for hydroxylation is 1. The maximum Gasteiger partial charge on any atom is 0.126 e. The van der Waals surface area contributed by atoms with Crippen LogP contribution >= 0.6 is 0 Å². The fourth-order valence-corrected chi connectivity index (χ4v) is 2.72. The SMILES string of the molecule is Cc1cccc(NC2C(N)C3CCOC32)n1. The fraction of sp³-hybridized carbons (Fsp3) is 0.583. The minimum absolute atomic E-state index is 0.204. The lowest BCUT2D eigenvalue weighted by molar-refractivity contribution is 0.00523. The van der Waals surface area contributed by atoms with Crippen molar-refractivity contribution in [3.63, 3.8) is 0 Å². The molecule has 0 bridgehead atoms. The number of nitrogens with zero attached hydrogens (tertiary/aromatic N) is 1. The zero-order valence-corrected chi connectivity index (χ0v) is 9.39. The Bertz CT molecular complexity index is 396. The molecule has 1 aliphatic heterocycles. The first-order valence-corrected chi connectivity index (χ1v) is 5.83. The predicted molar refractivity (Wildman–Crippen MR) is 62.2 cm³/mol. The van der Waals surface area contributed by atoms with E-state index in [0.29, 0.717) is 5.92 Å². The van der Waals surface area contributed by atoms with E-state index in [0.717, 1.165) is 24.5 Å². The number of nitrogens with one attached hydrogen (secondary N) is 1. The van der Waals surface area contributed by atoms with Gasteiger partial charge in [-0.05, 0) is 25.5 Å². The molecule has 1 saturated carbocycles. The molecule has 3 N–H and O–H groups in total. The minimum Gasteiger partial charge on any atom is -0.376 e. The molecule has 0 aromatic carbocycles. The third kappa shape index (κ3) is 1.49. The molecular formula is C12H17N3O. The number of aromatic nitrogens is 1. The van der Waals surface area contributed by atoms with Crippen LogP contribution < -0.4 is 11.1 Å². The summed E-state index contributed by atoms with van der Waals surface area (Å²) in [6.07, 6.45) is 1.39. The van der Waals surface area contributed by atoms with Gasteiger partial charge < -0.3 is 15.8 Å². The first-order chi connectivity index (χ1) is 7.75. The van der Waals surface area contributed by atoms with E-state index in [1.54, 1.807) is 0 Å². The van der Waals surface area contributed by atoms with E-state index in [2.05, 4.69) is 10.3 Å². The molecule has 0 radical (unpaired) electrons. The Balaban J connectivity index is 1.71. The van der Waals surface area contributed by atoms with Crippen molar-refractivity contribution >= 4 is 5.82 Å². The van der Waals surface area contributed by atoms with E-state index in [-0.39, 0.29) is 18.2 Å². The molecule has 1 aliphatic carbocycles. The van der Waals surface area contributed by atoms with Crippen molar-refractivity contribution in [1.82, 2.24) is 4.98 Å². The summed E-state index contributed by atoms with van der Waals surface area (Å²) in [7, 11) is 0. The van der Waals surface area contributed by atoms with Crippen LogP contribution in [0, 0.1) is 12.8 Å². The Kier molecular flexibility index (Phi) is 2.33. The molecule has 4 heteroatoms. The average molecular weight is 219 g/mol. The third-order valence-corrected chi connectivity index (χ3v) is 3.65. The van der Waals surface area contributed by atoms with E-state index < -0.39 is 0 Å². The Hall–Kier alpha value is -1.13. The molecule has 2 heterocycles. The van der Waals surface area contributed by atoms with E-state index in [9.17, 15) is 0 Å². The van der Waals surface area contributed by atoms with Gasteiger partial charge in [-0.2, -0.15) is 0 Å². The molecule has 4 atom stereocenters. The smallest absolute Gasteiger partial charge is 0.126 e. The summed E-state index contributed by atoms with van der Waals surface area (Å²) in [6, 6.07) is 6.39. The molecule has 0 spiro atoms. The quantitative estimate of drug-likeness (QED) is 0.776. The highest BCUT2D eigenvalue weighted by Gasteiger charge is 2.52. The number of hydrogen-bond acceptors (Lipinski definition) is 4. The summed E-state index contributed by atoms with van der Waals surface area (Å²) < 4.78 is 5.67. The van der Waals surface area contributed by atoms with Crippen LogP contribution in [0.4, 0.5) is 5.82 Å². The van der Waals surface area contributed by atoms with Gasteiger partial charge in [0.1, 0.15) is 5.82 Å². The summed E-state index contributed by atoms with van der Waals surface area (Å²) >= 11 is 0. The molecule has 1 aromatic heterocycles. The average Bonchev–Trinajstić information content (AvgIpc) is 2.70. The van der Waals surface area contributed by atoms with Gasteiger partial charge in [0.2, 0.25) is 0 Å². The summed E-state index contributed by atoms with van der Waals surface area (Å²) in [5.41, 5.74) is 7.14. The molecule has 4 nitrogen and oxygen atoms in total. The van der Waals surface area contributed by atoms with Crippen molar-refractivity contribution in [2.75, 3.05) is 11.9 Å². The van der Waals surface area contributed by atoms with Gasteiger partial charge in [0.15, 0.2) is 0 Å². The van der Waals surface area contributed by atoms with Crippen molar-refractivity contribution in [1.29, 1.82) is 0 Å². The van der Waals surface area contributed by atoms with Crippen LogP contribution in [-0.2, 0) is 4.74 Å². The van der Waals surface area contributed by atoms with Gasteiger partial charge in [0.25, 0.3) is 0 Å². The number of rotatable bonds is 2. The summed E-state index contributed by atoms with van der Waals surface area (Å²) in [5.74, 6) is 1.44. The number of anilines is 1. The van der Waals surface area contributed by atoms with Gasteiger partial charge in [0, 0.05) is 24.3 Å². The maximum absolute atomic E-state index is 6.12. The van der Waals surface area contributed by atoms with Gasteiger partial charge in [-0.3, -0.25) is 0 Å². The van der Waals surface area contributed by atoms with Crippen LogP contribution in [0.5, 0.6) is 0 Å². The predicted octanol–water partition coefficient (Wildman–Crippen LogP) is 0.917. The highest BCUT2D eigenvalue weighted by molar-refractivity contribution is 5.39. The molecule has 1 aromatic rings. The Morgan fingerprint density at radius 1 is 1.50 bits per heavy atom. The Morgan fingerprint density at radius 2 is 2.38 bits per heavy atom.